The van der Waals surface area contributed by atoms with Crippen molar-refractivity contribution in [3.8, 4) is 11.5 Å². The highest BCUT2D eigenvalue weighted by Gasteiger charge is 2.37. The number of hydrogen-bond acceptors (Lipinski definition) is 8. The van der Waals surface area contributed by atoms with Gasteiger partial charge in [-0.05, 0) is 36.2 Å². The molecule has 4 aromatic rings. The lowest BCUT2D eigenvalue weighted by atomic mass is 9.95. The Bertz CT molecular complexity index is 1520. The first-order valence-electron chi connectivity index (χ1n) is 12.2. The first kappa shape index (κ1) is 26.6. The van der Waals surface area contributed by atoms with Gasteiger partial charge < -0.3 is 19.5 Å². The van der Waals surface area contributed by atoms with Crippen LogP contribution in [-0.4, -0.2) is 35.0 Å². The molecule has 2 heterocycles. The Balaban J connectivity index is 1.51. The van der Waals surface area contributed by atoms with Crippen molar-refractivity contribution in [3.63, 3.8) is 0 Å². The first-order chi connectivity index (χ1) is 19.0. The first-order valence-corrected chi connectivity index (χ1v) is 13.6. The van der Waals surface area contributed by atoms with Gasteiger partial charge >= 0.3 is 5.97 Å². The molecule has 5 rings (SSSR count). The molecule has 1 N–H and O–H groups in total. The van der Waals surface area contributed by atoms with Gasteiger partial charge in [0.05, 0.1) is 19.8 Å². The van der Waals surface area contributed by atoms with E-state index in [2.05, 4.69) is 5.32 Å². The highest BCUT2D eigenvalue weighted by molar-refractivity contribution is 7.98. The summed E-state index contributed by atoms with van der Waals surface area (Å²) in [5, 5.41) is 9.26. The van der Waals surface area contributed by atoms with E-state index in [-0.39, 0.29) is 6.61 Å². The molecule has 1 aromatic heterocycles. The van der Waals surface area contributed by atoms with Crippen molar-refractivity contribution in [1.82, 2.24) is 14.8 Å². The average Bonchev–Trinajstić information content (AvgIpc) is 3.37. The lowest BCUT2D eigenvalue weighted by molar-refractivity contribution is -0.140. The average molecular weight is 563 g/mol. The topological polar surface area (TPSA) is 87.5 Å². The predicted molar refractivity (Wildman–Crippen MR) is 151 cm³/mol. The Hall–Kier alpha value is -3.95. The molecule has 8 nitrogen and oxygen atoms in total. The number of methoxy groups -OCH3 is 2. The molecule has 0 bridgehead atoms. The van der Waals surface area contributed by atoms with E-state index in [1.807, 2.05) is 73.7 Å². The lowest BCUT2D eigenvalue weighted by Crippen LogP contribution is -2.30. The molecule has 1 unspecified atom stereocenters. The van der Waals surface area contributed by atoms with Crippen molar-refractivity contribution < 1.29 is 19.0 Å². The largest absolute Gasteiger partial charge is 0.497 e. The number of thioether (sulfide) groups is 1. The van der Waals surface area contributed by atoms with Gasteiger partial charge in [0.2, 0.25) is 11.1 Å². The van der Waals surface area contributed by atoms with Crippen LogP contribution in [0.2, 0.25) is 5.02 Å². The zero-order chi connectivity index (χ0) is 27.4. The second kappa shape index (κ2) is 11.8. The Labute approximate surface area is 235 Å². The van der Waals surface area contributed by atoms with Gasteiger partial charge in [0.15, 0.2) is 0 Å². The quantitative estimate of drug-likeness (QED) is 0.188. The number of rotatable bonds is 9. The number of fused-ring (bicyclic) bond motifs is 1. The van der Waals surface area contributed by atoms with Crippen LogP contribution in [0.4, 0.5) is 5.95 Å². The molecule has 1 atom stereocenters. The van der Waals surface area contributed by atoms with Gasteiger partial charge in [-0.25, -0.2) is 9.48 Å². The van der Waals surface area contributed by atoms with E-state index in [4.69, 9.17) is 35.9 Å². The van der Waals surface area contributed by atoms with Crippen LogP contribution < -0.4 is 14.8 Å². The van der Waals surface area contributed by atoms with Crippen molar-refractivity contribution >= 4 is 35.3 Å². The minimum atomic E-state index is -0.646. The number of allylic oxidation sites excluding steroid dienone is 1. The maximum atomic E-state index is 13.6. The molecule has 200 valence electrons. The van der Waals surface area contributed by atoms with Gasteiger partial charge in [0, 0.05) is 28.1 Å². The molecular weight excluding hydrogens is 536 g/mol. The van der Waals surface area contributed by atoms with Crippen molar-refractivity contribution in [1.29, 1.82) is 0 Å². The maximum Gasteiger partial charge on any atom is 0.338 e. The molecule has 0 amide bonds. The number of halogens is 1. The van der Waals surface area contributed by atoms with E-state index in [0.717, 1.165) is 16.7 Å². The van der Waals surface area contributed by atoms with Crippen molar-refractivity contribution in [2.45, 2.75) is 30.5 Å². The fourth-order valence-electron chi connectivity index (χ4n) is 4.35. The van der Waals surface area contributed by atoms with Gasteiger partial charge in [0.1, 0.15) is 24.1 Å². The van der Waals surface area contributed by atoms with Gasteiger partial charge in [-0.3, -0.25) is 0 Å². The minimum Gasteiger partial charge on any atom is -0.497 e. The molecule has 1 aliphatic heterocycles. The van der Waals surface area contributed by atoms with E-state index < -0.39 is 12.0 Å². The van der Waals surface area contributed by atoms with Crippen molar-refractivity contribution in [2.75, 3.05) is 19.5 Å². The smallest absolute Gasteiger partial charge is 0.338 e. The molecule has 0 saturated heterocycles. The second-order valence-electron chi connectivity index (χ2n) is 8.78. The van der Waals surface area contributed by atoms with Gasteiger partial charge in [0.25, 0.3) is 0 Å². The highest BCUT2D eigenvalue weighted by atomic mass is 35.5. The predicted octanol–water partition coefficient (Wildman–Crippen LogP) is 6.27. The second-order valence-corrected chi connectivity index (χ2v) is 10.1. The summed E-state index contributed by atoms with van der Waals surface area (Å²) in [6, 6.07) is 22.1. The van der Waals surface area contributed by atoms with Crippen molar-refractivity contribution in [3.05, 3.63) is 106 Å². The molecule has 0 saturated carbocycles. The van der Waals surface area contributed by atoms with Crippen molar-refractivity contribution in [2.24, 2.45) is 0 Å². The summed E-state index contributed by atoms with van der Waals surface area (Å²) in [5.74, 6) is 1.83. The molecule has 3 aromatic carbocycles. The summed E-state index contributed by atoms with van der Waals surface area (Å²) in [6.07, 6.45) is 0. The molecule has 39 heavy (non-hydrogen) atoms. The Morgan fingerprint density at radius 3 is 2.56 bits per heavy atom. The zero-order valence-electron chi connectivity index (χ0n) is 21.7. The maximum absolute atomic E-state index is 13.6. The molecule has 0 spiro atoms. The monoisotopic (exact) mass is 562 g/mol. The summed E-state index contributed by atoms with van der Waals surface area (Å²) in [5.41, 5.74) is 3.64. The fourth-order valence-corrected chi connectivity index (χ4v) is 5.46. The molecule has 0 aliphatic carbocycles. The number of nitrogens with one attached hydrogen (secondary N) is 1. The summed E-state index contributed by atoms with van der Waals surface area (Å²) in [6.45, 7) is 1.98. The van der Waals surface area contributed by atoms with Gasteiger partial charge in [-0.2, -0.15) is 4.98 Å². The molecule has 10 heteroatoms. The number of carbonyl (C=O) groups excluding carboxylic acids is 1. The van der Waals surface area contributed by atoms with Crippen LogP contribution in [0, 0.1) is 0 Å². The lowest BCUT2D eigenvalue weighted by Gasteiger charge is -2.29. The summed E-state index contributed by atoms with van der Waals surface area (Å²) in [7, 11) is 3.17. The standard InChI is InChI=1S/C29H27ClN4O4S/c1-18-25(27(35)38-16-19-9-5-4-6-10-19)26(22-14-13-21(36-2)15-24(22)37-3)34-28(31-18)32-29(33-34)39-17-20-11-7-8-12-23(20)30/h4-15,26H,16-17H2,1-3H3,(H,31,32,33). The Morgan fingerprint density at radius 2 is 1.82 bits per heavy atom. The zero-order valence-corrected chi connectivity index (χ0v) is 23.3. The normalized spacial score (nSPS) is 14.4. The number of carbonyl (C=O) groups is 1. The van der Waals surface area contributed by atoms with Gasteiger partial charge in [-0.1, -0.05) is 71.9 Å². The molecular formula is C29H27ClN4O4S. The Kier molecular flexibility index (Phi) is 8.09. The van der Waals surface area contributed by atoms with Crippen LogP contribution >= 0.6 is 23.4 Å². The van der Waals surface area contributed by atoms with E-state index in [1.54, 1.807) is 25.0 Å². The summed E-state index contributed by atoms with van der Waals surface area (Å²) < 4.78 is 18.6. The number of esters is 1. The van der Waals surface area contributed by atoms with Crippen LogP contribution in [0.5, 0.6) is 11.5 Å². The molecule has 0 fully saturated rings. The highest BCUT2D eigenvalue weighted by Crippen LogP contribution is 2.41. The number of anilines is 1. The van der Waals surface area contributed by atoms with E-state index in [1.165, 1.54) is 11.8 Å². The number of ether oxygens (including phenoxy) is 3. The van der Waals surface area contributed by atoms with Crippen LogP contribution in [0.1, 0.15) is 29.7 Å². The van der Waals surface area contributed by atoms with Gasteiger partial charge in [-0.15, -0.1) is 5.10 Å². The number of nitrogens with zero attached hydrogens (tertiary/aromatic N) is 3. The third kappa shape index (κ3) is 5.74. The third-order valence-electron chi connectivity index (χ3n) is 6.32. The summed E-state index contributed by atoms with van der Waals surface area (Å²) in [4.78, 5) is 18.3. The van der Waals surface area contributed by atoms with Crippen LogP contribution in [0.3, 0.4) is 0 Å². The number of aromatic nitrogens is 3. The Morgan fingerprint density at radius 1 is 1.05 bits per heavy atom. The third-order valence-corrected chi connectivity index (χ3v) is 7.57. The number of benzene rings is 3. The SMILES string of the molecule is COc1ccc(C2C(C(=O)OCc3ccccc3)=C(C)Nc3nc(SCc4ccccc4Cl)nn32)c(OC)c1. The van der Waals surface area contributed by atoms with E-state index in [0.29, 0.717) is 44.6 Å². The number of hydrogen-bond donors (Lipinski definition) is 1. The summed E-state index contributed by atoms with van der Waals surface area (Å²) >= 11 is 7.81. The van der Waals surface area contributed by atoms with E-state index >= 15 is 0 Å². The minimum absolute atomic E-state index is 0.145. The van der Waals surface area contributed by atoms with Crippen LogP contribution in [0.25, 0.3) is 0 Å². The fraction of sp³-hybridized carbons (Fsp3) is 0.207. The van der Waals surface area contributed by atoms with E-state index in [9.17, 15) is 4.79 Å². The molecule has 0 radical (unpaired) electrons. The van der Waals surface area contributed by atoms with Crippen LogP contribution in [-0.2, 0) is 21.9 Å². The van der Waals surface area contributed by atoms with Crippen LogP contribution in [0.15, 0.2) is 89.2 Å². The molecule has 1 aliphatic rings.